The zero-order chi connectivity index (χ0) is 22.7. The van der Waals surface area contributed by atoms with Crippen LogP contribution in [0.15, 0.2) is 30.5 Å². The Hall–Kier alpha value is -3.18. The Bertz CT molecular complexity index is 976. The van der Waals surface area contributed by atoms with Crippen molar-refractivity contribution < 1.29 is 14.7 Å². The van der Waals surface area contributed by atoms with Gasteiger partial charge in [0.2, 0.25) is 11.8 Å². The van der Waals surface area contributed by atoms with Crippen molar-refractivity contribution in [3.05, 3.63) is 47.3 Å². The number of rotatable bonds is 6. The van der Waals surface area contributed by atoms with Gasteiger partial charge in [-0.3, -0.25) is 9.59 Å². The number of aliphatic hydroxyl groups is 1. The summed E-state index contributed by atoms with van der Waals surface area (Å²) in [4.78, 5) is 27.9. The zero-order valence-corrected chi connectivity index (χ0v) is 18.3. The SMILES string of the molecule is C#Cc1ccc([C@H](C)NC(=O)[C@@H]2C[C@@H](O)CN2C(=O)[C@H](C(C)C)n2cc(C)nn2)cc1. The number of likely N-dealkylation sites (tertiary alicyclic amines) is 1. The van der Waals surface area contributed by atoms with Crippen LogP contribution in [0, 0.1) is 25.2 Å². The number of aliphatic hydroxyl groups excluding tert-OH is 1. The smallest absolute Gasteiger partial charge is 0.248 e. The lowest BCUT2D eigenvalue weighted by Gasteiger charge is -2.30. The second-order valence-electron chi connectivity index (χ2n) is 8.42. The number of terminal acetylenes is 1. The predicted octanol–water partition coefficient (Wildman–Crippen LogP) is 1.60. The van der Waals surface area contributed by atoms with Gasteiger partial charge in [-0.15, -0.1) is 11.5 Å². The Labute approximate surface area is 182 Å². The third kappa shape index (κ3) is 4.94. The third-order valence-electron chi connectivity index (χ3n) is 5.60. The molecule has 0 aliphatic carbocycles. The van der Waals surface area contributed by atoms with Gasteiger partial charge in [-0.05, 0) is 37.5 Å². The zero-order valence-electron chi connectivity index (χ0n) is 18.3. The van der Waals surface area contributed by atoms with Crippen LogP contribution in [0.2, 0.25) is 0 Å². The number of aryl methyl sites for hydroxylation is 1. The largest absolute Gasteiger partial charge is 0.391 e. The first kappa shape index (κ1) is 22.5. The maximum Gasteiger partial charge on any atom is 0.248 e. The van der Waals surface area contributed by atoms with Gasteiger partial charge >= 0.3 is 0 Å². The van der Waals surface area contributed by atoms with E-state index in [2.05, 4.69) is 21.5 Å². The Morgan fingerprint density at radius 3 is 2.48 bits per heavy atom. The molecule has 8 heteroatoms. The number of nitrogens with one attached hydrogen (secondary N) is 1. The normalized spacial score (nSPS) is 20.4. The molecule has 3 rings (SSSR count). The number of nitrogens with zero attached hydrogens (tertiary/aromatic N) is 4. The monoisotopic (exact) mass is 423 g/mol. The highest BCUT2D eigenvalue weighted by atomic mass is 16.3. The van der Waals surface area contributed by atoms with Gasteiger partial charge in [0.1, 0.15) is 12.1 Å². The molecule has 0 saturated carbocycles. The highest BCUT2D eigenvalue weighted by Crippen LogP contribution is 2.27. The lowest BCUT2D eigenvalue weighted by molar-refractivity contribution is -0.142. The first-order valence-corrected chi connectivity index (χ1v) is 10.4. The Balaban J connectivity index is 1.76. The van der Waals surface area contributed by atoms with Crippen molar-refractivity contribution >= 4 is 11.8 Å². The minimum atomic E-state index is -0.754. The molecule has 1 saturated heterocycles. The summed E-state index contributed by atoms with van der Waals surface area (Å²) in [7, 11) is 0. The van der Waals surface area contributed by atoms with Crippen LogP contribution in [-0.4, -0.2) is 55.5 Å². The predicted molar refractivity (Wildman–Crippen MR) is 116 cm³/mol. The molecule has 0 bridgehead atoms. The average molecular weight is 424 g/mol. The van der Waals surface area contributed by atoms with E-state index in [1.165, 1.54) is 9.58 Å². The molecule has 31 heavy (non-hydrogen) atoms. The summed E-state index contributed by atoms with van der Waals surface area (Å²) in [6.45, 7) is 7.62. The van der Waals surface area contributed by atoms with E-state index >= 15 is 0 Å². The van der Waals surface area contributed by atoms with E-state index in [-0.39, 0.29) is 36.7 Å². The van der Waals surface area contributed by atoms with Crippen molar-refractivity contribution in [1.29, 1.82) is 0 Å². The summed E-state index contributed by atoms with van der Waals surface area (Å²) in [6, 6.07) is 5.76. The van der Waals surface area contributed by atoms with Gasteiger partial charge in [-0.2, -0.15) is 0 Å². The fraction of sp³-hybridized carbons (Fsp3) is 0.478. The summed E-state index contributed by atoms with van der Waals surface area (Å²) < 4.78 is 1.54. The Morgan fingerprint density at radius 1 is 1.26 bits per heavy atom. The van der Waals surface area contributed by atoms with Gasteiger partial charge in [0.15, 0.2) is 0 Å². The summed E-state index contributed by atoms with van der Waals surface area (Å²) in [6.07, 6.45) is 6.55. The van der Waals surface area contributed by atoms with Gasteiger partial charge in [0.25, 0.3) is 0 Å². The molecule has 1 aliphatic heterocycles. The molecular weight excluding hydrogens is 394 g/mol. The van der Waals surface area contributed by atoms with E-state index in [4.69, 9.17) is 6.42 Å². The van der Waals surface area contributed by atoms with E-state index in [1.807, 2.05) is 45.0 Å². The number of benzene rings is 1. The number of amides is 2. The Morgan fingerprint density at radius 2 is 1.94 bits per heavy atom. The van der Waals surface area contributed by atoms with Crippen molar-refractivity contribution in [3.63, 3.8) is 0 Å². The molecule has 1 aromatic carbocycles. The second-order valence-corrected chi connectivity index (χ2v) is 8.42. The molecule has 4 atom stereocenters. The van der Waals surface area contributed by atoms with Gasteiger partial charge in [0, 0.05) is 24.7 Å². The van der Waals surface area contributed by atoms with Crippen LogP contribution in [-0.2, 0) is 9.59 Å². The van der Waals surface area contributed by atoms with Crippen LogP contribution in [0.4, 0.5) is 0 Å². The lowest BCUT2D eigenvalue weighted by atomic mass is 10.0. The van der Waals surface area contributed by atoms with Gasteiger partial charge in [-0.25, -0.2) is 4.68 Å². The first-order chi connectivity index (χ1) is 14.7. The molecule has 2 amide bonds. The lowest BCUT2D eigenvalue weighted by Crippen LogP contribution is -2.49. The minimum absolute atomic E-state index is 0.0661. The maximum absolute atomic E-state index is 13.4. The van der Waals surface area contributed by atoms with Gasteiger partial charge in [0.05, 0.1) is 17.8 Å². The van der Waals surface area contributed by atoms with Crippen LogP contribution in [0.5, 0.6) is 0 Å². The van der Waals surface area contributed by atoms with Gasteiger partial charge < -0.3 is 15.3 Å². The van der Waals surface area contributed by atoms with E-state index in [0.717, 1.165) is 11.1 Å². The number of β-amino-alcohol motifs (C(OH)–C–C–N with tert-alkyl or cyclic N) is 1. The van der Waals surface area contributed by atoms with Crippen molar-refractivity contribution in [1.82, 2.24) is 25.2 Å². The second kappa shape index (κ2) is 9.31. The highest BCUT2D eigenvalue weighted by Gasteiger charge is 2.42. The molecule has 0 radical (unpaired) electrons. The fourth-order valence-electron chi connectivity index (χ4n) is 3.94. The van der Waals surface area contributed by atoms with E-state index in [0.29, 0.717) is 5.69 Å². The summed E-state index contributed by atoms with van der Waals surface area (Å²) in [5.41, 5.74) is 2.38. The summed E-state index contributed by atoms with van der Waals surface area (Å²) >= 11 is 0. The van der Waals surface area contributed by atoms with Crippen molar-refractivity contribution in [2.75, 3.05) is 6.54 Å². The fourth-order valence-corrected chi connectivity index (χ4v) is 3.94. The van der Waals surface area contributed by atoms with Gasteiger partial charge in [-0.1, -0.05) is 37.1 Å². The topological polar surface area (TPSA) is 100 Å². The molecule has 1 aliphatic rings. The summed E-state index contributed by atoms with van der Waals surface area (Å²) in [5, 5.41) is 21.3. The number of hydrogen-bond donors (Lipinski definition) is 2. The summed E-state index contributed by atoms with van der Waals surface area (Å²) in [5.74, 6) is 1.96. The number of carbonyl (C=O) groups excluding carboxylic acids is 2. The quantitative estimate of drug-likeness (QED) is 0.688. The minimum Gasteiger partial charge on any atom is -0.391 e. The van der Waals surface area contributed by atoms with E-state index < -0.39 is 18.2 Å². The van der Waals surface area contributed by atoms with Crippen LogP contribution in [0.25, 0.3) is 0 Å². The van der Waals surface area contributed by atoms with Crippen molar-refractivity contribution in [3.8, 4) is 12.3 Å². The number of hydrogen-bond acceptors (Lipinski definition) is 5. The van der Waals surface area contributed by atoms with E-state index in [9.17, 15) is 14.7 Å². The molecule has 2 N–H and O–H groups in total. The van der Waals surface area contributed by atoms with Crippen LogP contribution >= 0.6 is 0 Å². The molecule has 0 spiro atoms. The van der Waals surface area contributed by atoms with Crippen molar-refractivity contribution in [2.24, 2.45) is 5.92 Å². The molecule has 0 unspecified atom stereocenters. The number of aromatic nitrogens is 3. The highest BCUT2D eigenvalue weighted by molar-refractivity contribution is 5.90. The molecule has 2 aromatic rings. The standard InChI is InChI=1S/C23H29N5O3/c1-6-17-7-9-18(10-8-17)16(5)24-22(30)20-11-19(29)13-27(20)23(31)21(14(2)3)28-12-15(4)25-26-28/h1,7-10,12,14,16,19-21,29H,11,13H2,2-5H3,(H,24,30)/t16-,19+,20-,21-/m0/s1. The van der Waals surface area contributed by atoms with Crippen LogP contribution in [0.3, 0.4) is 0 Å². The molecule has 2 heterocycles. The maximum atomic E-state index is 13.4. The average Bonchev–Trinajstić information content (AvgIpc) is 3.33. The third-order valence-corrected chi connectivity index (χ3v) is 5.60. The van der Waals surface area contributed by atoms with E-state index in [1.54, 1.807) is 13.1 Å². The molecular formula is C23H29N5O3. The Kier molecular flexibility index (Phi) is 6.76. The van der Waals surface area contributed by atoms with Crippen LogP contribution in [0.1, 0.15) is 56.1 Å². The molecule has 1 fully saturated rings. The molecule has 164 valence electrons. The molecule has 8 nitrogen and oxygen atoms in total. The first-order valence-electron chi connectivity index (χ1n) is 10.4. The van der Waals surface area contributed by atoms with Crippen LogP contribution < -0.4 is 5.32 Å². The molecule has 1 aromatic heterocycles. The number of carbonyl (C=O) groups is 2. The van der Waals surface area contributed by atoms with Crippen molar-refractivity contribution in [2.45, 2.75) is 58.3 Å².